The van der Waals surface area contributed by atoms with Crippen molar-refractivity contribution in [1.29, 1.82) is 0 Å². The Morgan fingerprint density at radius 1 is 1.00 bits per heavy atom. The van der Waals surface area contributed by atoms with Gasteiger partial charge in [0.2, 0.25) is 0 Å². The number of urea groups is 1. The lowest BCUT2D eigenvalue weighted by Gasteiger charge is -2.36. The fraction of sp³-hybridized carbons (Fsp3) is 0.684. The Kier molecular flexibility index (Phi) is 3.77. The molecule has 4 fully saturated rings. The summed E-state index contributed by atoms with van der Waals surface area (Å²) in [5.74, 6) is 0.816. The molecule has 8 heteroatoms. The lowest BCUT2D eigenvalue weighted by molar-refractivity contribution is -0.136. The van der Waals surface area contributed by atoms with Crippen molar-refractivity contribution in [2.75, 3.05) is 11.4 Å². The number of hydrogen-bond acceptors (Lipinski definition) is 4. The van der Waals surface area contributed by atoms with Gasteiger partial charge in [0.25, 0.3) is 11.8 Å². The van der Waals surface area contributed by atoms with E-state index in [-0.39, 0.29) is 29.9 Å². The highest BCUT2D eigenvalue weighted by Gasteiger charge is 2.58. The number of nitrogens with zero attached hydrogens (tertiary/aromatic N) is 5. The van der Waals surface area contributed by atoms with E-state index in [0.717, 1.165) is 32.1 Å². The number of carbonyl (C=O) groups excluding carboxylic acids is 3. The number of carbonyl (C=O) groups is 3. The summed E-state index contributed by atoms with van der Waals surface area (Å²) in [6, 6.07) is 0.673. The van der Waals surface area contributed by atoms with Crippen LogP contribution < -0.4 is 4.90 Å². The van der Waals surface area contributed by atoms with Gasteiger partial charge in [-0.15, -0.1) is 0 Å². The minimum absolute atomic E-state index is 0.167. The molecule has 3 saturated heterocycles. The van der Waals surface area contributed by atoms with Gasteiger partial charge < -0.3 is 4.90 Å². The Labute approximate surface area is 158 Å². The second-order valence-electron chi connectivity index (χ2n) is 8.22. The maximum atomic E-state index is 13.2. The van der Waals surface area contributed by atoms with Gasteiger partial charge in [-0.1, -0.05) is 12.8 Å². The summed E-state index contributed by atoms with van der Waals surface area (Å²) in [5.41, 5.74) is 0. The zero-order valence-electron chi connectivity index (χ0n) is 15.6. The summed E-state index contributed by atoms with van der Waals surface area (Å²) in [4.78, 5) is 44.2. The molecule has 4 heterocycles. The van der Waals surface area contributed by atoms with Crippen LogP contribution in [0.3, 0.4) is 0 Å². The van der Waals surface area contributed by atoms with Gasteiger partial charge in [-0.05, 0) is 38.0 Å². The van der Waals surface area contributed by atoms with Crippen molar-refractivity contribution in [1.82, 2.24) is 19.6 Å². The normalized spacial score (nSPS) is 33.7. The Morgan fingerprint density at radius 2 is 1.81 bits per heavy atom. The highest BCUT2D eigenvalue weighted by molar-refractivity contribution is 6.10. The quantitative estimate of drug-likeness (QED) is 0.738. The zero-order valence-corrected chi connectivity index (χ0v) is 15.6. The number of aryl methyl sites for hydroxylation is 1. The monoisotopic (exact) mass is 371 g/mol. The van der Waals surface area contributed by atoms with Crippen LogP contribution >= 0.6 is 0 Å². The fourth-order valence-electron chi connectivity index (χ4n) is 5.58. The third kappa shape index (κ3) is 2.34. The molecule has 8 nitrogen and oxygen atoms in total. The fourth-order valence-corrected chi connectivity index (χ4v) is 5.58. The molecule has 1 aromatic rings. The number of piperidine rings is 1. The molecule has 27 heavy (non-hydrogen) atoms. The summed E-state index contributed by atoms with van der Waals surface area (Å²) in [6.07, 6.45) is 8.10. The summed E-state index contributed by atoms with van der Waals surface area (Å²) in [6.45, 7) is 0.586. The van der Waals surface area contributed by atoms with Crippen LogP contribution in [-0.2, 0) is 16.6 Å². The van der Waals surface area contributed by atoms with Crippen molar-refractivity contribution in [3.8, 4) is 0 Å². The first kappa shape index (κ1) is 16.8. The van der Waals surface area contributed by atoms with Crippen LogP contribution in [0.25, 0.3) is 0 Å². The Hall–Kier alpha value is -2.38. The first-order valence-electron chi connectivity index (χ1n) is 10.0. The van der Waals surface area contributed by atoms with Crippen molar-refractivity contribution in [2.24, 2.45) is 13.0 Å². The molecule has 1 aliphatic carbocycles. The van der Waals surface area contributed by atoms with Gasteiger partial charge in [-0.2, -0.15) is 5.10 Å². The van der Waals surface area contributed by atoms with Gasteiger partial charge in [-0.25, -0.2) is 9.69 Å². The number of hydrogen-bond donors (Lipinski definition) is 0. The highest BCUT2D eigenvalue weighted by atomic mass is 16.2. The van der Waals surface area contributed by atoms with E-state index < -0.39 is 6.04 Å². The van der Waals surface area contributed by atoms with Gasteiger partial charge >= 0.3 is 6.03 Å². The number of imide groups is 1. The largest absolute Gasteiger partial charge is 0.328 e. The third-order valence-corrected chi connectivity index (χ3v) is 6.83. The molecule has 0 bridgehead atoms. The molecule has 5 rings (SSSR count). The average Bonchev–Trinajstić information content (AvgIpc) is 3.32. The van der Waals surface area contributed by atoms with E-state index in [1.807, 2.05) is 4.90 Å². The molecule has 144 valence electrons. The van der Waals surface area contributed by atoms with Crippen LogP contribution in [0.2, 0.25) is 0 Å². The van der Waals surface area contributed by atoms with Gasteiger partial charge in [0.15, 0.2) is 0 Å². The van der Waals surface area contributed by atoms with Crippen LogP contribution in [0.5, 0.6) is 0 Å². The van der Waals surface area contributed by atoms with Crippen LogP contribution in [0.4, 0.5) is 10.6 Å². The van der Waals surface area contributed by atoms with E-state index in [9.17, 15) is 14.4 Å². The predicted octanol–water partition coefficient (Wildman–Crippen LogP) is 1.51. The molecule has 1 saturated carbocycles. The molecular weight excluding hydrogens is 346 g/mol. The Balaban J connectivity index is 1.41. The lowest BCUT2D eigenvalue weighted by atomic mass is 9.84. The SMILES string of the molecule is Cn1nccc1N1CCCC(N2C(=O)C3CC4CCCCC4N3C2=O)C1=O. The number of fused-ring (bicyclic) bond motifs is 3. The van der Waals surface area contributed by atoms with E-state index >= 15 is 0 Å². The number of aromatic nitrogens is 2. The topological polar surface area (TPSA) is 78.8 Å². The van der Waals surface area contributed by atoms with Crippen molar-refractivity contribution < 1.29 is 14.4 Å². The Bertz CT molecular complexity index is 805. The number of rotatable bonds is 2. The van der Waals surface area contributed by atoms with Crippen molar-refractivity contribution in [2.45, 2.75) is 63.1 Å². The Morgan fingerprint density at radius 3 is 2.59 bits per heavy atom. The van der Waals surface area contributed by atoms with Crippen molar-refractivity contribution >= 4 is 23.7 Å². The van der Waals surface area contributed by atoms with E-state index in [4.69, 9.17) is 0 Å². The molecule has 0 N–H and O–H groups in total. The summed E-state index contributed by atoms with van der Waals surface area (Å²) >= 11 is 0. The first-order valence-corrected chi connectivity index (χ1v) is 10.0. The van der Waals surface area contributed by atoms with E-state index in [1.54, 1.807) is 28.9 Å². The lowest BCUT2D eigenvalue weighted by Crippen LogP contribution is -2.56. The number of amides is 4. The second-order valence-corrected chi connectivity index (χ2v) is 8.22. The van der Waals surface area contributed by atoms with E-state index in [0.29, 0.717) is 24.7 Å². The smallest absolute Gasteiger partial charge is 0.309 e. The van der Waals surface area contributed by atoms with Gasteiger partial charge in [-0.3, -0.25) is 19.2 Å². The highest BCUT2D eigenvalue weighted by Crippen LogP contribution is 2.44. The molecule has 3 aliphatic heterocycles. The van der Waals surface area contributed by atoms with E-state index in [1.165, 1.54) is 11.3 Å². The maximum absolute atomic E-state index is 13.2. The molecule has 4 unspecified atom stereocenters. The van der Waals surface area contributed by atoms with Crippen LogP contribution in [0, 0.1) is 5.92 Å². The van der Waals surface area contributed by atoms with Crippen LogP contribution in [0.1, 0.15) is 44.9 Å². The molecule has 4 amide bonds. The average molecular weight is 371 g/mol. The summed E-state index contributed by atoms with van der Waals surface area (Å²) < 4.78 is 1.65. The van der Waals surface area contributed by atoms with Gasteiger partial charge in [0.05, 0.1) is 6.20 Å². The van der Waals surface area contributed by atoms with Gasteiger partial charge in [0, 0.05) is 25.7 Å². The maximum Gasteiger partial charge on any atom is 0.328 e. The zero-order chi connectivity index (χ0) is 18.7. The van der Waals surface area contributed by atoms with Crippen molar-refractivity contribution in [3.05, 3.63) is 12.3 Å². The van der Waals surface area contributed by atoms with Crippen LogP contribution in [0.15, 0.2) is 12.3 Å². The minimum atomic E-state index is -0.693. The summed E-state index contributed by atoms with van der Waals surface area (Å²) in [7, 11) is 1.79. The van der Waals surface area contributed by atoms with E-state index in [2.05, 4.69) is 5.10 Å². The third-order valence-electron chi connectivity index (χ3n) is 6.83. The summed E-state index contributed by atoms with van der Waals surface area (Å²) in [5, 5.41) is 4.14. The minimum Gasteiger partial charge on any atom is -0.309 e. The van der Waals surface area contributed by atoms with Gasteiger partial charge in [0.1, 0.15) is 17.9 Å². The predicted molar refractivity (Wildman–Crippen MR) is 96.8 cm³/mol. The second kappa shape index (κ2) is 6.07. The van der Waals surface area contributed by atoms with Crippen LogP contribution in [-0.4, -0.2) is 62.1 Å². The first-order chi connectivity index (χ1) is 13.1. The van der Waals surface area contributed by atoms with Crippen molar-refractivity contribution in [3.63, 3.8) is 0 Å². The molecule has 1 aromatic heterocycles. The molecule has 0 spiro atoms. The molecule has 0 aromatic carbocycles. The molecule has 4 aliphatic rings. The number of anilines is 1. The molecule has 0 radical (unpaired) electrons. The molecular formula is C19H25N5O3. The standard InChI is InChI=1S/C19H25N5O3/c1-21-16(8-9-20-21)22-10-4-7-14(17(22)25)24-18(26)15-11-12-5-2-3-6-13(12)23(15)19(24)27/h8-9,12-15H,2-7,10-11H2,1H3. The molecule has 4 atom stereocenters.